The quantitative estimate of drug-likeness (QED) is 0.240. The fourth-order valence-corrected chi connectivity index (χ4v) is 4.33. The minimum atomic E-state index is -0.588. The molecule has 0 atom stereocenters. The van der Waals surface area contributed by atoms with E-state index < -0.39 is 5.97 Å². The molecular formula is C26H28N2O6S. The minimum absolute atomic E-state index is 0.0498. The highest BCUT2D eigenvalue weighted by molar-refractivity contribution is 7.17. The lowest BCUT2D eigenvalue weighted by Gasteiger charge is -2.08. The lowest BCUT2D eigenvalue weighted by molar-refractivity contribution is -0.118. The molecule has 9 heteroatoms. The number of aromatic nitrogens is 1. The van der Waals surface area contributed by atoms with Crippen molar-refractivity contribution < 1.29 is 28.6 Å². The van der Waals surface area contributed by atoms with Gasteiger partial charge in [0.05, 0.1) is 19.9 Å². The van der Waals surface area contributed by atoms with E-state index in [4.69, 9.17) is 14.2 Å². The highest BCUT2D eigenvalue weighted by Crippen LogP contribution is 2.35. The highest BCUT2D eigenvalue weighted by atomic mass is 32.1. The van der Waals surface area contributed by atoms with Crippen molar-refractivity contribution in [1.82, 2.24) is 10.3 Å². The summed E-state index contributed by atoms with van der Waals surface area (Å²) in [5.74, 6) is 0.235. The van der Waals surface area contributed by atoms with Gasteiger partial charge in [0, 0.05) is 24.6 Å². The van der Waals surface area contributed by atoms with Gasteiger partial charge in [-0.3, -0.25) is 9.59 Å². The number of aryl methyl sites for hydroxylation is 2. The summed E-state index contributed by atoms with van der Waals surface area (Å²) in [7, 11) is 3.11. The highest BCUT2D eigenvalue weighted by Gasteiger charge is 2.20. The zero-order valence-corrected chi connectivity index (χ0v) is 21.0. The van der Waals surface area contributed by atoms with Crippen LogP contribution >= 0.6 is 11.3 Å². The number of carbonyl (C=O) groups excluding carboxylic acids is 3. The Bertz CT molecular complexity index is 1200. The lowest BCUT2D eigenvalue weighted by Crippen LogP contribution is -2.21. The molecule has 0 radical (unpaired) electrons. The van der Waals surface area contributed by atoms with E-state index in [9.17, 15) is 14.4 Å². The molecule has 3 rings (SSSR count). The van der Waals surface area contributed by atoms with Crippen molar-refractivity contribution in [3.63, 3.8) is 0 Å². The number of nitrogens with one attached hydrogen (secondary N) is 1. The Balaban J connectivity index is 1.58. The first kappa shape index (κ1) is 25.9. The van der Waals surface area contributed by atoms with Crippen molar-refractivity contribution in [2.75, 3.05) is 27.4 Å². The smallest absolute Gasteiger partial charge is 0.350 e. The van der Waals surface area contributed by atoms with Crippen LogP contribution in [-0.4, -0.2) is 50.0 Å². The maximum atomic E-state index is 12.6. The fourth-order valence-electron chi connectivity index (χ4n) is 3.37. The third kappa shape index (κ3) is 6.89. The van der Waals surface area contributed by atoms with Crippen LogP contribution in [0, 0.1) is 6.92 Å². The van der Waals surface area contributed by atoms with Crippen molar-refractivity contribution >= 4 is 29.0 Å². The van der Waals surface area contributed by atoms with Gasteiger partial charge in [-0.25, -0.2) is 9.78 Å². The number of esters is 1. The Labute approximate surface area is 208 Å². The summed E-state index contributed by atoms with van der Waals surface area (Å²) in [5.41, 5.74) is 2.84. The number of rotatable bonds is 11. The molecule has 1 N–H and O–H groups in total. The Kier molecular flexibility index (Phi) is 8.97. The number of nitrogens with zero attached hydrogens (tertiary/aromatic N) is 1. The molecule has 0 saturated carbocycles. The van der Waals surface area contributed by atoms with Gasteiger partial charge in [-0.15, -0.1) is 11.3 Å². The zero-order chi connectivity index (χ0) is 25.4. The summed E-state index contributed by atoms with van der Waals surface area (Å²) in [6.45, 7) is 3.46. The van der Waals surface area contributed by atoms with E-state index in [1.807, 2.05) is 18.2 Å². The van der Waals surface area contributed by atoms with Gasteiger partial charge in [0.25, 0.3) is 0 Å². The van der Waals surface area contributed by atoms with Crippen LogP contribution in [0.1, 0.15) is 44.6 Å². The van der Waals surface area contributed by atoms with E-state index in [1.165, 1.54) is 18.3 Å². The van der Waals surface area contributed by atoms with Crippen molar-refractivity contribution in [2.24, 2.45) is 0 Å². The number of Topliss-reactive ketones (excluding diaryl/α,β-unsaturated/α-hetero) is 1. The first-order chi connectivity index (χ1) is 16.8. The number of ether oxygens (including phenoxy) is 3. The maximum Gasteiger partial charge on any atom is 0.350 e. The number of amides is 1. The second kappa shape index (κ2) is 12.1. The van der Waals surface area contributed by atoms with E-state index in [-0.39, 0.29) is 18.3 Å². The minimum Gasteiger partial charge on any atom is -0.493 e. The summed E-state index contributed by atoms with van der Waals surface area (Å²) >= 11 is 1.19. The lowest BCUT2D eigenvalue weighted by atomic mass is 10.1. The van der Waals surface area contributed by atoms with Gasteiger partial charge < -0.3 is 19.5 Å². The van der Waals surface area contributed by atoms with Gasteiger partial charge in [0.15, 0.2) is 23.9 Å². The molecule has 0 unspecified atom stereocenters. The molecule has 35 heavy (non-hydrogen) atoms. The van der Waals surface area contributed by atoms with E-state index in [1.54, 1.807) is 45.4 Å². The number of hydrogen-bond acceptors (Lipinski definition) is 8. The van der Waals surface area contributed by atoms with Crippen LogP contribution in [0.25, 0.3) is 10.6 Å². The molecule has 0 aliphatic carbocycles. The standard InChI is InChI=1S/C26H28N2O6S/c1-16-24(35-25(28-16)20-11-12-22(32-3)23(14-20)33-4)26(31)34-15-21(30)19-9-7-18(8-10-19)6-5-13-27-17(2)29/h7-12,14H,5-6,13,15H2,1-4H3,(H,27,29). The van der Waals surface area contributed by atoms with Crippen LogP contribution in [0.4, 0.5) is 0 Å². The molecule has 1 aromatic heterocycles. The van der Waals surface area contributed by atoms with Gasteiger partial charge in [-0.05, 0) is 43.5 Å². The number of hydrogen-bond donors (Lipinski definition) is 1. The third-order valence-electron chi connectivity index (χ3n) is 5.24. The molecule has 1 heterocycles. The molecule has 0 spiro atoms. The SMILES string of the molecule is COc1ccc(-c2nc(C)c(C(=O)OCC(=O)c3ccc(CCCNC(C)=O)cc3)s2)cc1OC. The topological polar surface area (TPSA) is 104 Å². The van der Waals surface area contributed by atoms with Gasteiger partial charge in [0.2, 0.25) is 5.91 Å². The van der Waals surface area contributed by atoms with Crippen molar-refractivity contribution in [3.8, 4) is 22.1 Å². The first-order valence-corrected chi connectivity index (χ1v) is 11.9. The van der Waals surface area contributed by atoms with Crippen LogP contribution in [-0.2, 0) is 16.0 Å². The molecule has 184 valence electrons. The summed E-state index contributed by atoms with van der Waals surface area (Å²) in [6, 6.07) is 12.6. The van der Waals surface area contributed by atoms with E-state index >= 15 is 0 Å². The van der Waals surface area contributed by atoms with Crippen molar-refractivity contribution in [1.29, 1.82) is 0 Å². The number of thiazole rings is 1. The predicted octanol–water partition coefficient (Wildman–Crippen LogP) is 4.24. The monoisotopic (exact) mass is 496 g/mol. The Morgan fingerprint density at radius 1 is 1.00 bits per heavy atom. The van der Waals surface area contributed by atoms with E-state index in [2.05, 4.69) is 10.3 Å². The average Bonchev–Trinajstić information content (AvgIpc) is 3.26. The number of ketones is 1. The van der Waals surface area contributed by atoms with Crippen LogP contribution in [0.3, 0.4) is 0 Å². The molecule has 0 saturated heterocycles. The van der Waals surface area contributed by atoms with Crippen molar-refractivity contribution in [3.05, 3.63) is 64.2 Å². The molecule has 0 aliphatic heterocycles. The molecule has 0 bridgehead atoms. The van der Waals surface area contributed by atoms with Crippen LogP contribution in [0.5, 0.6) is 11.5 Å². The van der Waals surface area contributed by atoms with Gasteiger partial charge in [0.1, 0.15) is 9.88 Å². The van der Waals surface area contributed by atoms with Crippen LogP contribution < -0.4 is 14.8 Å². The summed E-state index contributed by atoms with van der Waals surface area (Å²) < 4.78 is 15.9. The summed E-state index contributed by atoms with van der Waals surface area (Å²) in [4.78, 5) is 40.9. The molecule has 2 aromatic carbocycles. The Morgan fingerprint density at radius 3 is 2.37 bits per heavy atom. The Hall–Kier alpha value is -3.72. The number of benzene rings is 2. The molecule has 0 aliphatic rings. The van der Waals surface area contributed by atoms with Gasteiger partial charge in [-0.2, -0.15) is 0 Å². The molecule has 3 aromatic rings. The largest absolute Gasteiger partial charge is 0.493 e. The van der Waals surface area contributed by atoms with Gasteiger partial charge in [-0.1, -0.05) is 24.3 Å². The summed E-state index contributed by atoms with van der Waals surface area (Å²) in [5, 5.41) is 3.39. The second-order valence-electron chi connectivity index (χ2n) is 7.79. The third-order valence-corrected chi connectivity index (χ3v) is 6.43. The van der Waals surface area contributed by atoms with Crippen molar-refractivity contribution in [2.45, 2.75) is 26.7 Å². The second-order valence-corrected chi connectivity index (χ2v) is 8.79. The average molecular weight is 497 g/mol. The molecule has 1 amide bonds. The predicted molar refractivity (Wildman–Crippen MR) is 133 cm³/mol. The zero-order valence-electron chi connectivity index (χ0n) is 20.2. The molecular weight excluding hydrogens is 468 g/mol. The van der Waals surface area contributed by atoms with E-state index in [0.29, 0.717) is 39.2 Å². The first-order valence-electron chi connectivity index (χ1n) is 11.1. The molecule has 0 fully saturated rings. The maximum absolute atomic E-state index is 12.6. The number of carbonyl (C=O) groups is 3. The van der Waals surface area contributed by atoms with E-state index in [0.717, 1.165) is 24.0 Å². The fraction of sp³-hybridized carbons (Fsp3) is 0.308. The van der Waals surface area contributed by atoms with Crippen LogP contribution in [0.15, 0.2) is 42.5 Å². The number of methoxy groups -OCH3 is 2. The Morgan fingerprint density at radius 2 is 1.71 bits per heavy atom. The van der Waals surface area contributed by atoms with Gasteiger partial charge >= 0.3 is 5.97 Å². The molecule has 8 nitrogen and oxygen atoms in total. The summed E-state index contributed by atoms with van der Waals surface area (Å²) in [6.07, 6.45) is 1.60. The van der Waals surface area contributed by atoms with Crippen LogP contribution in [0.2, 0.25) is 0 Å². The normalized spacial score (nSPS) is 10.5.